The molecule has 1 heterocycles. The predicted molar refractivity (Wildman–Crippen MR) is 68.8 cm³/mol. The number of ether oxygens (including phenoxy) is 1. The average molecular weight is 242 g/mol. The summed E-state index contributed by atoms with van der Waals surface area (Å²) in [6.45, 7) is 10.2. The molecule has 4 heteroatoms. The number of nitrogens with one attached hydrogen (secondary N) is 1. The molecule has 0 fully saturated rings. The van der Waals surface area contributed by atoms with Gasteiger partial charge in [0.05, 0.1) is 12.3 Å². The van der Waals surface area contributed by atoms with Crippen LogP contribution in [-0.4, -0.2) is 17.6 Å². The Kier molecular flexibility index (Phi) is 4.89. The van der Waals surface area contributed by atoms with Gasteiger partial charge in [0.15, 0.2) is 0 Å². The second-order valence-corrected chi connectivity index (χ2v) is 6.04. The van der Waals surface area contributed by atoms with Crippen molar-refractivity contribution in [2.45, 2.75) is 52.8 Å². The van der Waals surface area contributed by atoms with Crippen LogP contribution >= 0.6 is 11.3 Å². The van der Waals surface area contributed by atoms with Crippen molar-refractivity contribution in [2.75, 3.05) is 7.11 Å². The maximum absolute atomic E-state index is 5.11. The molecule has 0 saturated carbocycles. The van der Waals surface area contributed by atoms with E-state index in [1.807, 2.05) is 0 Å². The third kappa shape index (κ3) is 4.20. The topological polar surface area (TPSA) is 34.1 Å². The molecule has 0 aliphatic rings. The van der Waals surface area contributed by atoms with Crippen molar-refractivity contribution in [3.63, 3.8) is 0 Å². The van der Waals surface area contributed by atoms with Gasteiger partial charge >= 0.3 is 0 Å². The van der Waals surface area contributed by atoms with E-state index in [2.05, 4.69) is 38.0 Å². The van der Waals surface area contributed by atoms with Crippen LogP contribution in [0.25, 0.3) is 0 Å². The highest BCUT2D eigenvalue weighted by Gasteiger charge is 2.13. The molecule has 0 aromatic carbocycles. The van der Waals surface area contributed by atoms with Gasteiger partial charge in [0.1, 0.15) is 5.01 Å². The molecular formula is C12H22N2OS. The Morgan fingerprint density at radius 1 is 1.38 bits per heavy atom. The van der Waals surface area contributed by atoms with E-state index in [-0.39, 0.29) is 5.54 Å². The van der Waals surface area contributed by atoms with Crippen molar-refractivity contribution in [2.24, 2.45) is 0 Å². The molecule has 0 saturated heterocycles. The first-order valence-corrected chi connectivity index (χ1v) is 6.49. The fourth-order valence-corrected chi connectivity index (χ4v) is 2.45. The fourth-order valence-electron chi connectivity index (χ4n) is 1.38. The number of hydrogen-bond acceptors (Lipinski definition) is 4. The van der Waals surface area contributed by atoms with Crippen LogP contribution in [0.4, 0.5) is 0 Å². The first kappa shape index (κ1) is 13.6. The lowest BCUT2D eigenvalue weighted by molar-refractivity contribution is 0.184. The fraction of sp³-hybridized carbons (Fsp3) is 0.750. The first-order valence-electron chi connectivity index (χ1n) is 5.67. The molecule has 0 atom stereocenters. The Bertz CT molecular complexity index is 328. The second-order valence-electron chi connectivity index (χ2n) is 4.87. The van der Waals surface area contributed by atoms with Crippen molar-refractivity contribution >= 4 is 11.3 Å². The molecule has 0 aliphatic heterocycles. The van der Waals surface area contributed by atoms with Crippen molar-refractivity contribution in [3.8, 4) is 0 Å². The summed E-state index contributed by atoms with van der Waals surface area (Å²) >= 11 is 1.75. The highest BCUT2D eigenvalue weighted by Crippen LogP contribution is 2.20. The summed E-state index contributed by atoms with van der Waals surface area (Å²) in [5.41, 5.74) is 1.35. The highest BCUT2D eigenvalue weighted by molar-refractivity contribution is 7.11. The maximum Gasteiger partial charge on any atom is 0.119 e. The van der Waals surface area contributed by atoms with Crippen molar-refractivity contribution in [3.05, 3.63) is 15.6 Å². The summed E-state index contributed by atoms with van der Waals surface area (Å²) in [5.74, 6) is 0. The lowest BCUT2D eigenvalue weighted by atomic mass is 10.1. The summed E-state index contributed by atoms with van der Waals surface area (Å²) in [7, 11) is 1.71. The molecule has 92 valence electrons. The van der Waals surface area contributed by atoms with Crippen LogP contribution in [0.2, 0.25) is 0 Å². The normalized spacial score (nSPS) is 12.1. The minimum Gasteiger partial charge on any atom is -0.378 e. The van der Waals surface area contributed by atoms with Crippen molar-refractivity contribution in [1.82, 2.24) is 10.3 Å². The Hall–Kier alpha value is -0.450. The Labute approximate surface area is 102 Å². The zero-order valence-corrected chi connectivity index (χ0v) is 11.7. The average Bonchev–Trinajstić information content (AvgIpc) is 2.57. The molecule has 0 unspecified atom stereocenters. The molecule has 1 N–H and O–H groups in total. The summed E-state index contributed by atoms with van der Waals surface area (Å²) < 4.78 is 5.11. The Balaban J connectivity index is 2.70. The van der Waals surface area contributed by atoms with Gasteiger partial charge < -0.3 is 10.1 Å². The standard InChI is InChI=1S/C12H22N2OS/c1-6-9-10(7-13-12(2,3)4)16-11(14-9)8-15-5/h13H,6-8H2,1-5H3. The molecule has 0 bridgehead atoms. The minimum atomic E-state index is 0.149. The summed E-state index contributed by atoms with van der Waals surface area (Å²) in [6, 6.07) is 0. The van der Waals surface area contributed by atoms with Gasteiger partial charge in [-0.1, -0.05) is 6.92 Å². The minimum absolute atomic E-state index is 0.149. The van der Waals surface area contributed by atoms with E-state index in [1.165, 1.54) is 10.6 Å². The van der Waals surface area contributed by atoms with Crippen LogP contribution in [0.15, 0.2) is 0 Å². The van der Waals surface area contributed by atoms with E-state index < -0.39 is 0 Å². The largest absolute Gasteiger partial charge is 0.378 e. The summed E-state index contributed by atoms with van der Waals surface area (Å²) in [4.78, 5) is 5.91. The molecule has 0 spiro atoms. The second kappa shape index (κ2) is 5.75. The Morgan fingerprint density at radius 2 is 2.06 bits per heavy atom. The third-order valence-electron chi connectivity index (χ3n) is 2.20. The van der Waals surface area contributed by atoms with Crippen LogP contribution in [0.5, 0.6) is 0 Å². The third-order valence-corrected chi connectivity index (χ3v) is 3.28. The van der Waals surface area contributed by atoms with Gasteiger partial charge in [-0.3, -0.25) is 0 Å². The van der Waals surface area contributed by atoms with Crippen LogP contribution in [-0.2, 0) is 24.3 Å². The molecule has 0 aliphatic carbocycles. The lowest BCUT2D eigenvalue weighted by Crippen LogP contribution is -2.35. The molecule has 0 amide bonds. The summed E-state index contributed by atoms with van der Waals surface area (Å²) in [6.07, 6.45) is 0.987. The molecule has 16 heavy (non-hydrogen) atoms. The van der Waals surface area contributed by atoms with Crippen LogP contribution in [0.3, 0.4) is 0 Å². The van der Waals surface area contributed by atoms with E-state index in [0.29, 0.717) is 6.61 Å². The number of rotatable bonds is 5. The zero-order chi connectivity index (χ0) is 12.2. The van der Waals surface area contributed by atoms with Gasteiger partial charge in [-0.05, 0) is 27.2 Å². The molecule has 3 nitrogen and oxygen atoms in total. The highest BCUT2D eigenvalue weighted by atomic mass is 32.1. The molecule has 1 aromatic heterocycles. The SMILES string of the molecule is CCc1nc(COC)sc1CNC(C)(C)C. The van der Waals surface area contributed by atoms with Crippen LogP contribution < -0.4 is 5.32 Å². The van der Waals surface area contributed by atoms with E-state index in [0.717, 1.165) is 18.0 Å². The molecule has 1 aromatic rings. The number of aryl methyl sites for hydroxylation is 1. The number of thiazole rings is 1. The smallest absolute Gasteiger partial charge is 0.119 e. The Morgan fingerprint density at radius 3 is 2.56 bits per heavy atom. The summed E-state index contributed by atoms with van der Waals surface area (Å²) in [5, 5.41) is 4.57. The number of nitrogens with zero attached hydrogens (tertiary/aromatic N) is 1. The van der Waals surface area contributed by atoms with Gasteiger partial charge in [0.2, 0.25) is 0 Å². The first-order chi connectivity index (χ1) is 7.46. The predicted octanol–water partition coefficient (Wildman–Crippen LogP) is 2.74. The van der Waals surface area contributed by atoms with Crippen LogP contribution in [0, 0.1) is 0 Å². The van der Waals surface area contributed by atoms with E-state index >= 15 is 0 Å². The van der Waals surface area contributed by atoms with Gasteiger partial charge in [0.25, 0.3) is 0 Å². The maximum atomic E-state index is 5.11. The zero-order valence-electron chi connectivity index (χ0n) is 10.9. The van der Waals surface area contributed by atoms with E-state index in [9.17, 15) is 0 Å². The van der Waals surface area contributed by atoms with Gasteiger partial charge in [-0.25, -0.2) is 4.98 Å². The molecular weight excluding hydrogens is 220 g/mol. The number of methoxy groups -OCH3 is 1. The van der Waals surface area contributed by atoms with Crippen molar-refractivity contribution in [1.29, 1.82) is 0 Å². The van der Waals surface area contributed by atoms with Gasteiger partial charge in [-0.15, -0.1) is 11.3 Å². The molecule has 1 rings (SSSR count). The van der Waals surface area contributed by atoms with Gasteiger partial charge in [0, 0.05) is 24.1 Å². The number of hydrogen-bond donors (Lipinski definition) is 1. The van der Waals surface area contributed by atoms with E-state index in [1.54, 1.807) is 18.4 Å². The number of aromatic nitrogens is 1. The van der Waals surface area contributed by atoms with Crippen LogP contribution in [0.1, 0.15) is 43.3 Å². The monoisotopic (exact) mass is 242 g/mol. The van der Waals surface area contributed by atoms with Crippen molar-refractivity contribution < 1.29 is 4.74 Å². The van der Waals surface area contributed by atoms with E-state index in [4.69, 9.17) is 4.74 Å². The quantitative estimate of drug-likeness (QED) is 0.862. The lowest BCUT2D eigenvalue weighted by Gasteiger charge is -2.20. The molecule has 0 radical (unpaired) electrons. The van der Waals surface area contributed by atoms with Gasteiger partial charge in [-0.2, -0.15) is 0 Å².